The standard InChI is InChI=1S/C14H12N2O2.BrH/c1-18-12-6-7-14-15-13(9-16(14)8-12)10-2-4-11(17)5-3-10;/h2-9,17H,1H3;1H. The van der Waals surface area contributed by atoms with Crippen molar-refractivity contribution in [1.29, 1.82) is 0 Å². The second-order valence-corrected chi connectivity index (χ2v) is 4.01. The molecule has 98 valence electrons. The van der Waals surface area contributed by atoms with Crippen molar-refractivity contribution in [2.24, 2.45) is 0 Å². The molecule has 0 amide bonds. The average Bonchev–Trinajstić information content (AvgIpc) is 2.82. The van der Waals surface area contributed by atoms with Gasteiger partial charge in [-0.3, -0.25) is 0 Å². The normalized spacial score (nSPS) is 10.2. The molecule has 0 saturated carbocycles. The molecule has 0 unspecified atom stereocenters. The molecule has 2 heterocycles. The van der Waals surface area contributed by atoms with Crippen LogP contribution in [0.3, 0.4) is 0 Å². The minimum absolute atomic E-state index is 0. The maximum absolute atomic E-state index is 9.27. The van der Waals surface area contributed by atoms with Gasteiger partial charge >= 0.3 is 0 Å². The highest BCUT2D eigenvalue weighted by molar-refractivity contribution is 8.93. The molecule has 0 fully saturated rings. The maximum atomic E-state index is 9.27. The first kappa shape index (κ1) is 13.4. The Bertz CT molecular complexity index is 692. The summed E-state index contributed by atoms with van der Waals surface area (Å²) in [6.45, 7) is 0. The van der Waals surface area contributed by atoms with Gasteiger partial charge in [0, 0.05) is 11.8 Å². The minimum Gasteiger partial charge on any atom is -0.508 e. The number of fused-ring (bicyclic) bond motifs is 1. The van der Waals surface area contributed by atoms with Gasteiger partial charge in [-0.15, -0.1) is 17.0 Å². The molecule has 1 N–H and O–H groups in total. The molecule has 2 aromatic heterocycles. The second-order valence-electron chi connectivity index (χ2n) is 4.01. The van der Waals surface area contributed by atoms with Crippen LogP contribution in [0.15, 0.2) is 48.8 Å². The quantitative estimate of drug-likeness (QED) is 0.788. The van der Waals surface area contributed by atoms with Gasteiger partial charge in [-0.05, 0) is 36.4 Å². The summed E-state index contributed by atoms with van der Waals surface area (Å²) in [6.07, 6.45) is 3.82. The number of rotatable bonds is 2. The Balaban J connectivity index is 0.00000133. The van der Waals surface area contributed by atoms with E-state index in [0.29, 0.717) is 0 Å². The van der Waals surface area contributed by atoms with E-state index >= 15 is 0 Å². The van der Waals surface area contributed by atoms with E-state index in [1.807, 2.05) is 41.1 Å². The van der Waals surface area contributed by atoms with Crippen LogP contribution in [0.4, 0.5) is 0 Å². The Morgan fingerprint density at radius 3 is 2.47 bits per heavy atom. The van der Waals surface area contributed by atoms with Crippen LogP contribution in [0.1, 0.15) is 0 Å². The third-order valence-corrected chi connectivity index (χ3v) is 2.82. The molecule has 3 rings (SSSR count). The van der Waals surface area contributed by atoms with Crippen molar-refractivity contribution in [3.8, 4) is 22.8 Å². The number of hydrogen-bond donors (Lipinski definition) is 1. The number of halogens is 1. The predicted molar refractivity (Wildman–Crippen MR) is 79.2 cm³/mol. The van der Waals surface area contributed by atoms with Crippen molar-refractivity contribution in [3.63, 3.8) is 0 Å². The van der Waals surface area contributed by atoms with E-state index in [1.54, 1.807) is 19.2 Å². The summed E-state index contributed by atoms with van der Waals surface area (Å²) in [6, 6.07) is 10.8. The lowest BCUT2D eigenvalue weighted by atomic mass is 10.2. The van der Waals surface area contributed by atoms with E-state index in [-0.39, 0.29) is 22.7 Å². The van der Waals surface area contributed by atoms with Gasteiger partial charge in [0.05, 0.1) is 19.0 Å². The summed E-state index contributed by atoms with van der Waals surface area (Å²) in [7, 11) is 1.64. The molecule has 0 spiro atoms. The zero-order valence-corrected chi connectivity index (χ0v) is 12.0. The van der Waals surface area contributed by atoms with Gasteiger partial charge < -0.3 is 14.2 Å². The Kier molecular flexibility index (Phi) is 3.76. The third-order valence-electron chi connectivity index (χ3n) is 2.82. The van der Waals surface area contributed by atoms with E-state index in [9.17, 15) is 5.11 Å². The number of benzene rings is 1. The lowest BCUT2D eigenvalue weighted by molar-refractivity contribution is 0.412. The molecule has 3 aromatic rings. The largest absolute Gasteiger partial charge is 0.508 e. The van der Waals surface area contributed by atoms with Crippen molar-refractivity contribution in [3.05, 3.63) is 48.8 Å². The first-order chi connectivity index (χ1) is 8.76. The van der Waals surface area contributed by atoms with Crippen LogP contribution in [0.25, 0.3) is 16.9 Å². The highest BCUT2D eigenvalue weighted by Crippen LogP contribution is 2.22. The number of aromatic hydroxyl groups is 1. The monoisotopic (exact) mass is 320 g/mol. The van der Waals surface area contributed by atoms with Gasteiger partial charge in [-0.25, -0.2) is 4.98 Å². The van der Waals surface area contributed by atoms with Crippen LogP contribution in [0, 0.1) is 0 Å². The first-order valence-corrected chi connectivity index (χ1v) is 5.58. The summed E-state index contributed by atoms with van der Waals surface area (Å²) in [5.74, 6) is 1.04. The van der Waals surface area contributed by atoms with E-state index in [1.165, 1.54) is 0 Å². The van der Waals surface area contributed by atoms with E-state index in [4.69, 9.17) is 4.74 Å². The Morgan fingerprint density at radius 2 is 1.79 bits per heavy atom. The Morgan fingerprint density at radius 1 is 1.05 bits per heavy atom. The van der Waals surface area contributed by atoms with E-state index in [0.717, 1.165) is 22.7 Å². The molecule has 0 aliphatic rings. The molecule has 1 aromatic carbocycles. The summed E-state index contributed by atoms with van der Waals surface area (Å²) in [5.41, 5.74) is 2.69. The molecule has 4 nitrogen and oxygen atoms in total. The number of methoxy groups -OCH3 is 1. The van der Waals surface area contributed by atoms with Crippen LogP contribution in [0.5, 0.6) is 11.5 Å². The van der Waals surface area contributed by atoms with Crippen LogP contribution in [0.2, 0.25) is 0 Å². The van der Waals surface area contributed by atoms with Crippen molar-refractivity contribution in [2.75, 3.05) is 7.11 Å². The van der Waals surface area contributed by atoms with Crippen molar-refractivity contribution in [2.45, 2.75) is 0 Å². The smallest absolute Gasteiger partial charge is 0.137 e. The molecule has 0 bridgehead atoms. The maximum Gasteiger partial charge on any atom is 0.137 e. The lowest BCUT2D eigenvalue weighted by Crippen LogP contribution is -1.86. The van der Waals surface area contributed by atoms with Gasteiger partial charge in [0.15, 0.2) is 0 Å². The van der Waals surface area contributed by atoms with Crippen LogP contribution in [-0.4, -0.2) is 21.6 Å². The van der Waals surface area contributed by atoms with Gasteiger partial charge in [0.25, 0.3) is 0 Å². The lowest BCUT2D eigenvalue weighted by Gasteiger charge is -1.98. The average molecular weight is 321 g/mol. The van der Waals surface area contributed by atoms with Gasteiger partial charge in [-0.1, -0.05) is 0 Å². The topological polar surface area (TPSA) is 46.8 Å². The Hall–Kier alpha value is -2.01. The fourth-order valence-electron chi connectivity index (χ4n) is 1.86. The fourth-order valence-corrected chi connectivity index (χ4v) is 1.86. The number of phenols is 1. The summed E-state index contributed by atoms with van der Waals surface area (Å²) in [5, 5.41) is 9.27. The van der Waals surface area contributed by atoms with Crippen molar-refractivity contribution >= 4 is 22.6 Å². The zero-order valence-electron chi connectivity index (χ0n) is 10.3. The van der Waals surface area contributed by atoms with Crippen LogP contribution < -0.4 is 4.74 Å². The third kappa shape index (κ3) is 2.56. The molecular weight excluding hydrogens is 308 g/mol. The van der Waals surface area contributed by atoms with Crippen molar-refractivity contribution in [1.82, 2.24) is 9.38 Å². The molecule has 0 saturated heterocycles. The summed E-state index contributed by atoms with van der Waals surface area (Å²) in [4.78, 5) is 4.51. The summed E-state index contributed by atoms with van der Waals surface area (Å²) < 4.78 is 7.09. The van der Waals surface area contributed by atoms with Gasteiger partial charge in [0.2, 0.25) is 0 Å². The molecule has 0 atom stereocenters. The highest BCUT2D eigenvalue weighted by Gasteiger charge is 2.05. The SMILES string of the molecule is Br.COc1ccc2nc(-c3ccc(O)cc3)cn2c1. The van der Waals surface area contributed by atoms with E-state index < -0.39 is 0 Å². The highest BCUT2D eigenvalue weighted by atomic mass is 79.9. The summed E-state index contributed by atoms with van der Waals surface area (Å²) >= 11 is 0. The molecule has 0 aliphatic heterocycles. The molecule has 0 radical (unpaired) electrons. The minimum atomic E-state index is 0. The zero-order chi connectivity index (χ0) is 12.5. The number of hydrogen-bond acceptors (Lipinski definition) is 3. The molecule has 19 heavy (non-hydrogen) atoms. The number of nitrogens with zero attached hydrogens (tertiary/aromatic N) is 2. The number of phenolic OH excluding ortho intramolecular Hbond substituents is 1. The molecule has 0 aliphatic carbocycles. The van der Waals surface area contributed by atoms with Crippen molar-refractivity contribution < 1.29 is 9.84 Å². The van der Waals surface area contributed by atoms with E-state index in [2.05, 4.69) is 4.98 Å². The van der Waals surface area contributed by atoms with Crippen LogP contribution in [-0.2, 0) is 0 Å². The van der Waals surface area contributed by atoms with Gasteiger partial charge in [-0.2, -0.15) is 0 Å². The van der Waals surface area contributed by atoms with Crippen LogP contribution >= 0.6 is 17.0 Å². The number of ether oxygens (including phenoxy) is 1. The second kappa shape index (κ2) is 5.32. The molecule has 5 heteroatoms. The first-order valence-electron chi connectivity index (χ1n) is 5.58. The number of pyridine rings is 1. The molecular formula is C14H13BrN2O2. The number of aromatic nitrogens is 2. The number of imidazole rings is 1. The Labute approximate surface area is 121 Å². The fraction of sp³-hybridized carbons (Fsp3) is 0.0714. The van der Waals surface area contributed by atoms with Gasteiger partial charge in [0.1, 0.15) is 17.1 Å². The predicted octanol–water partition coefficient (Wildman–Crippen LogP) is 3.29.